The van der Waals surface area contributed by atoms with Gasteiger partial charge < -0.3 is 14.2 Å². The van der Waals surface area contributed by atoms with Crippen molar-refractivity contribution in [1.29, 1.82) is 0 Å². The zero-order valence-corrected chi connectivity index (χ0v) is 19.8. The van der Waals surface area contributed by atoms with Crippen LogP contribution in [0.15, 0.2) is 82.8 Å². The molecule has 0 heterocycles. The normalized spacial score (nSPS) is 11.1. The average Bonchev–Trinajstić information content (AvgIpc) is 2.87. The molecular formula is C24H25N3O6S. The first kappa shape index (κ1) is 24.6. The minimum absolute atomic E-state index is 0.00580. The lowest BCUT2D eigenvalue weighted by molar-refractivity contribution is -0.119. The molecule has 0 spiro atoms. The fraction of sp³-hybridized carbons (Fsp3) is 0.167. The van der Waals surface area contributed by atoms with E-state index >= 15 is 0 Å². The third-order valence-electron chi connectivity index (χ3n) is 4.81. The van der Waals surface area contributed by atoms with Crippen LogP contribution in [0, 0.1) is 0 Å². The van der Waals surface area contributed by atoms with Crippen LogP contribution in [-0.4, -0.2) is 48.4 Å². The summed E-state index contributed by atoms with van der Waals surface area (Å²) in [5.74, 6) is 0.868. The van der Waals surface area contributed by atoms with E-state index in [9.17, 15) is 13.2 Å². The molecule has 0 unspecified atom stereocenters. The smallest absolute Gasteiger partial charge is 0.264 e. The Kier molecular flexibility index (Phi) is 8.10. The Morgan fingerprint density at radius 3 is 2.06 bits per heavy atom. The van der Waals surface area contributed by atoms with Crippen LogP contribution in [0.2, 0.25) is 0 Å². The minimum atomic E-state index is -4.12. The van der Waals surface area contributed by atoms with Crippen molar-refractivity contribution in [2.24, 2.45) is 5.10 Å². The first-order valence-electron chi connectivity index (χ1n) is 10.1. The van der Waals surface area contributed by atoms with Gasteiger partial charge in [0.15, 0.2) is 0 Å². The Labute approximate surface area is 198 Å². The predicted octanol–water partition coefficient (Wildman–Crippen LogP) is 3.06. The van der Waals surface area contributed by atoms with Crippen LogP contribution in [-0.2, 0) is 14.8 Å². The van der Waals surface area contributed by atoms with Gasteiger partial charge in [0.25, 0.3) is 15.9 Å². The van der Waals surface area contributed by atoms with Crippen molar-refractivity contribution >= 4 is 27.8 Å². The van der Waals surface area contributed by atoms with E-state index in [1.807, 2.05) is 0 Å². The highest BCUT2D eigenvalue weighted by Gasteiger charge is 2.29. The summed E-state index contributed by atoms with van der Waals surface area (Å²) in [6, 6.07) is 19.5. The maximum Gasteiger partial charge on any atom is 0.264 e. The first-order chi connectivity index (χ1) is 16.4. The van der Waals surface area contributed by atoms with Gasteiger partial charge >= 0.3 is 0 Å². The van der Waals surface area contributed by atoms with Crippen LogP contribution in [0.25, 0.3) is 0 Å². The molecule has 34 heavy (non-hydrogen) atoms. The van der Waals surface area contributed by atoms with E-state index in [0.717, 1.165) is 9.87 Å². The summed E-state index contributed by atoms with van der Waals surface area (Å²) in [5, 5.41) is 3.93. The molecule has 3 aromatic rings. The molecule has 0 aliphatic rings. The number of hydrogen-bond acceptors (Lipinski definition) is 7. The average molecular weight is 484 g/mol. The summed E-state index contributed by atoms with van der Waals surface area (Å²) in [4.78, 5) is 12.7. The van der Waals surface area contributed by atoms with Gasteiger partial charge in [-0.1, -0.05) is 12.1 Å². The van der Waals surface area contributed by atoms with E-state index in [2.05, 4.69) is 10.5 Å². The topological polar surface area (TPSA) is 107 Å². The number of benzene rings is 3. The molecule has 0 aliphatic carbocycles. The molecule has 0 saturated heterocycles. The van der Waals surface area contributed by atoms with Gasteiger partial charge in [0.05, 0.1) is 38.1 Å². The Bertz CT molecular complexity index is 1240. The number of carbonyl (C=O) groups excluding carboxylic acids is 1. The second-order valence-corrected chi connectivity index (χ2v) is 8.79. The Balaban J connectivity index is 1.86. The number of hydrazone groups is 1. The number of hydrogen-bond donors (Lipinski definition) is 1. The number of carbonyl (C=O) groups is 1. The lowest BCUT2D eigenvalue weighted by Crippen LogP contribution is -2.39. The molecule has 0 atom stereocenters. The van der Waals surface area contributed by atoms with Crippen molar-refractivity contribution in [3.63, 3.8) is 0 Å². The fourth-order valence-corrected chi connectivity index (χ4v) is 4.48. The van der Waals surface area contributed by atoms with Crippen molar-refractivity contribution in [2.45, 2.75) is 4.90 Å². The van der Waals surface area contributed by atoms with Crippen molar-refractivity contribution < 1.29 is 27.4 Å². The Morgan fingerprint density at radius 2 is 1.47 bits per heavy atom. The van der Waals surface area contributed by atoms with E-state index < -0.39 is 22.5 Å². The number of amides is 1. The second-order valence-electron chi connectivity index (χ2n) is 6.93. The van der Waals surface area contributed by atoms with E-state index in [-0.39, 0.29) is 10.6 Å². The van der Waals surface area contributed by atoms with Gasteiger partial charge in [0.2, 0.25) is 0 Å². The molecule has 0 aliphatic heterocycles. The zero-order valence-electron chi connectivity index (χ0n) is 19.0. The van der Waals surface area contributed by atoms with Crippen molar-refractivity contribution in [3.8, 4) is 17.2 Å². The summed E-state index contributed by atoms with van der Waals surface area (Å²) in [6.07, 6.45) is 1.45. The molecule has 178 valence electrons. The summed E-state index contributed by atoms with van der Waals surface area (Å²) < 4.78 is 43.5. The third-order valence-corrected chi connectivity index (χ3v) is 6.58. The lowest BCUT2D eigenvalue weighted by Gasteiger charge is -2.25. The SMILES string of the molecule is COc1ccc(/C=N\NC(=O)CN(c2ccccc2OC)S(=O)(=O)c2ccc(OC)cc2)cc1. The highest BCUT2D eigenvalue weighted by molar-refractivity contribution is 7.92. The zero-order chi connectivity index (χ0) is 24.6. The van der Waals surface area contributed by atoms with Gasteiger partial charge in [-0.15, -0.1) is 0 Å². The van der Waals surface area contributed by atoms with Gasteiger partial charge in [-0.3, -0.25) is 9.10 Å². The molecule has 0 aromatic heterocycles. The summed E-state index contributed by atoms with van der Waals surface area (Å²) in [5.41, 5.74) is 3.32. The number of para-hydroxylation sites is 2. The largest absolute Gasteiger partial charge is 0.497 e. The van der Waals surface area contributed by atoms with Gasteiger partial charge in [0.1, 0.15) is 23.8 Å². The van der Waals surface area contributed by atoms with Gasteiger partial charge in [-0.25, -0.2) is 13.8 Å². The van der Waals surface area contributed by atoms with Crippen LogP contribution in [0.1, 0.15) is 5.56 Å². The molecule has 0 bridgehead atoms. The van der Waals surface area contributed by atoms with Crippen molar-refractivity contribution in [1.82, 2.24) is 5.43 Å². The molecule has 0 saturated carbocycles. The van der Waals surface area contributed by atoms with E-state index in [4.69, 9.17) is 14.2 Å². The van der Waals surface area contributed by atoms with Crippen LogP contribution in [0.3, 0.4) is 0 Å². The number of nitrogens with one attached hydrogen (secondary N) is 1. The molecule has 1 amide bonds. The summed E-state index contributed by atoms with van der Waals surface area (Å²) in [6.45, 7) is -0.519. The molecule has 0 radical (unpaired) electrons. The summed E-state index contributed by atoms with van der Waals surface area (Å²) in [7, 11) is 0.360. The molecule has 3 rings (SSSR count). The molecule has 1 N–H and O–H groups in total. The number of ether oxygens (including phenoxy) is 3. The Hall–Kier alpha value is -4.05. The van der Waals surface area contributed by atoms with Crippen LogP contribution in [0.4, 0.5) is 5.69 Å². The first-order valence-corrected chi connectivity index (χ1v) is 11.6. The molecular weight excluding hydrogens is 458 g/mol. The van der Waals surface area contributed by atoms with Gasteiger partial charge in [-0.2, -0.15) is 5.10 Å². The maximum atomic E-state index is 13.5. The number of nitrogens with zero attached hydrogens (tertiary/aromatic N) is 2. The molecule has 0 fully saturated rings. The van der Waals surface area contributed by atoms with E-state index in [1.54, 1.807) is 55.6 Å². The monoisotopic (exact) mass is 483 g/mol. The van der Waals surface area contributed by atoms with Crippen LogP contribution < -0.4 is 23.9 Å². The number of sulfonamides is 1. The van der Waals surface area contributed by atoms with Gasteiger partial charge in [-0.05, 0) is 66.2 Å². The number of rotatable bonds is 10. The van der Waals surface area contributed by atoms with Crippen molar-refractivity contribution in [3.05, 3.63) is 78.4 Å². The fourth-order valence-electron chi connectivity index (χ4n) is 3.04. The third kappa shape index (κ3) is 5.84. The highest BCUT2D eigenvalue weighted by Crippen LogP contribution is 2.32. The predicted molar refractivity (Wildman–Crippen MR) is 129 cm³/mol. The van der Waals surface area contributed by atoms with Gasteiger partial charge in [0, 0.05) is 0 Å². The quantitative estimate of drug-likeness (QED) is 0.351. The molecule has 3 aromatic carbocycles. The molecule has 9 nitrogen and oxygen atoms in total. The lowest BCUT2D eigenvalue weighted by atomic mass is 10.2. The van der Waals surface area contributed by atoms with E-state index in [1.165, 1.54) is 44.7 Å². The molecule has 10 heteroatoms. The minimum Gasteiger partial charge on any atom is -0.497 e. The maximum absolute atomic E-state index is 13.5. The highest BCUT2D eigenvalue weighted by atomic mass is 32.2. The standard InChI is InChI=1S/C24H25N3O6S/c1-31-19-10-8-18(9-11-19)16-25-26-24(28)17-27(22-6-4-5-7-23(22)33-3)34(29,30)21-14-12-20(32-2)13-15-21/h4-16H,17H2,1-3H3,(H,26,28)/b25-16-. The van der Waals surface area contributed by atoms with Crippen molar-refractivity contribution in [2.75, 3.05) is 32.2 Å². The number of methoxy groups -OCH3 is 3. The van der Waals surface area contributed by atoms with Crippen LogP contribution in [0.5, 0.6) is 17.2 Å². The van der Waals surface area contributed by atoms with E-state index in [0.29, 0.717) is 17.2 Å². The Morgan fingerprint density at radius 1 is 0.882 bits per heavy atom. The summed E-state index contributed by atoms with van der Waals surface area (Å²) >= 11 is 0. The number of anilines is 1. The second kappa shape index (κ2) is 11.2. The van der Waals surface area contributed by atoms with Crippen LogP contribution >= 0.6 is 0 Å².